The lowest BCUT2D eigenvalue weighted by Crippen LogP contribution is -2.36. The highest BCUT2D eigenvalue weighted by atomic mass is 32.1. The normalized spacial score (nSPS) is 11.1. The molecule has 0 aliphatic heterocycles. The van der Waals surface area contributed by atoms with Gasteiger partial charge in [0, 0.05) is 26.2 Å². The van der Waals surface area contributed by atoms with Crippen LogP contribution in [0.15, 0.2) is 0 Å². The van der Waals surface area contributed by atoms with E-state index in [1.807, 2.05) is 4.57 Å². The number of ether oxygens (including phenoxy) is 1. The molecule has 0 bridgehead atoms. The molecule has 0 aliphatic rings. The van der Waals surface area contributed by atoms with Crippen LogP contribution in [0.1, 0.15) is 20.8 Å². The van der Waals surface area contributed by atoms with E-state index in [2.05, 4.69) is 35.9 Å². The van der Waals surface area contributed by atoms with Crippen molar-refractivity contribution in [1.29, 1.82) is 0 Å². The molecule has 1 rings (SSSR count). The monoisotopic (exact) mass is 244 g/mol. The molecule has 0 radical (unpaired) electrons. The smallest absolute Gasteiger partial charge is 0.226 e. The van der Waals surface area contributed by atoms with Crippen LogP contribution >= 0.6 is 12.2 Å². The Bertz CT molecular complexity index is 371. The van der Waals surface area contributed by atoms with Gasteiger partial charge in [0.2, 0.25) is 5.95 Å². The molecule has 1 aromatic rings. The summed E-state index contributed by atoms with van der Waals surface area (Å²) in [6.45, 7) is 8.64. The fourth-order valence-corrected chi connectivity index (χ4v) is 1.85. The van der Waals surface area contributed by atoms with E-state index >= 15 is 0 Å². The van der Waals surface area contributed by atoms with Crippen molar-refractivity contribution in [3.8, 4) is 0 Å². The number of hydrogen-bond donors (Lipinski definition) is 1. The van der Waals surface area contributed by atoms with Crippen LogP contribution in [-0.2, 0) is 11.3 Å². The highest BCUT2D eigenvalue weighted by molar-refractivity contribution is 7.71. The largest absolute Gasteiger partial charge is 0.383 e. The maximum atomic E-state index is 5.18. The van der Waals surface area contributed by atoms with E-state index < -0.39 is 0 Å². The quantitative estimate of drug-likeness (QED) is 0.775. The van der Waals surface area contributed by atoms with E-state index in [-0.39, 0.29) is 0 Å². The number of methoxy groups -OCH3 is 1. The molecule has 5 nitrogen and oxygen atoms in total. The van der Waals surface area contributed by atoms with E-state index in [4.69, 9.17) is 17.0 Å². The average Bonchev–Trinajstić information content (AvgIpc) is 2.60. The first-order valence-corrected chi connectivity index (χ1v) is 5.93. The molecule has 0 aliphatic carbocycles. The highest BCUT2D eigenvalue weighted by Gasteiger charge is 2.16. The second-order valence-corrected chi connectivity index (χ2v) is 4.24. The molecule has 0 aromatic carbocycles. The van der Waals surface area contributed by atoms with Gasteiger partial charge in [-0.05, 0) is 33.0 Å². The first-order chi connectivity index (χ1) is 7.61. The Morgan fingerprint density at radius 2 is 2.25 bits per heavy atom. The number of anilines is 1. The van der Waals surface area contributed by atoms with Crippen LogP contribution in [0.2, 0.25) is 0 Å². The van der Waals surface area contributed by atoms with Crippen LogP contribution in [0, 0.1) is 4.77 Å². The number of H-pyrrole nitrogens is 1. The fraction of sp³-hybridized carbons (Fsp3) is 0.800. The van der Waals surface area contributed by atoms with Gasteiger partial charge in [0.15, 0.2) is 4.77 Å². The van der Waals surface area contributed by atoms with Crippen LogP contribution in [0.5, 0.6) is 0 Å². The Hall–Kier alpha value is -0.880. The van der Waals surface area contributed by atoms with Crippen molar-refractivity contribution < 1.29 is 4.74 Å². The average molecular weight is 244 g/mol. The molecule has 16 heavy (non-hydrogen) atoms. The standard InChI is InChI=1S/C10H20N4OS/c1-5-13-9(11-12-10(13)16)14(8(2)3)6-7-15-4/h8H,5-7H2,1-4H3,(H,12,16). The van der Waals surface area contributed by atoms with Crippen molar-refractivity contribution in [2.75, 3.05) is 25.2 Å². The van der Waals surface area contributed by atoms with Gasteiger partial charge in [-0.15, -0.1) is 5.10 Å². The third-order valence-electron chi connectivity index (χ3n) is 2.47. The van der Waals surface area contributed by atoms with Crippen LogP contribution in [0.4, 0.5) is 5.95 Å². The van der Waals surface area contributed by atoms with Crippen molar-refractivity contribution in [1.82, 2.24) is 14.8 Å². The zero-order valence-electron chi connectivity index (χ0n) is 10.4. The Balaban J connectivity index is 2.96. The maximum absolute atomic E-state index is 5.18. The van der Waals surface area contributed by atoms with E-state index in [1.54, 1.807) is 7.11 Å². The third kappa shape index (κ3) is 2.82. The molecule has 0 saturated carbocycles. The molecule has 0 fully saturated rings. The van der Waals surface area contributed by atoms with Crippen LogP contribution in [0.25, 0.3) is 0 Å². The lowest BCUT2D eigenvalue weighted by molar-refractivity contribution is 0.203. The van der Waals surface area contributed by atoms with Gasteiger partial charge in [0.1, 0.15) is 0 Å². The number of nitrogens with zero attached hydrogens (tertiary/aromatic N) is 3. The summed E-state index contributed by atoms with van der Waals surface area (Å²) in [5.41, 5.74) is 0. The Morgan fingerprint density at radius 1 is 1.56 bits per heavy atom. The summed E-state index contributed by atoms with van der Waals surface area (Å²) in [4.78, 5) is 2.18. The van der Waals surface area contributed by atoms with Gasteiger partial charge in [0.05, 0.1) is 6.61 Å². The van der Waals surface area contributed by atoms with Crippen molar-refractivity contribution in [2.45, 2.75) is 33.4 Å². The molecule has 1 heterocycles. The van der Waals surface area contributed by atoms with E-state index in [0.717, 1.165) is 19.0 Å². The molecule has 0 saturated heterocycles. The molecule has 6 heteroatoms. The summed E-state index contributed by atoms with van der Waals surface area (Å²) in [6.07, 6.45) is 0. The zero-order chi connectivity index (χ0) is 12.1. The van der Waals surface area contributed by atoms with Crippen molar-refractivity contribution in [3.05, 3.63) is 4.77 Å². The SMILES string of the molecule is CCn1c(N(CCOC)C(C)C)n[nH]c1=S. The van der Waals surface area contributed by atoms with Crippen molar-refractivity contribution in [3.63, 3.8) is 0 Å². The molecular weight excluding hydrogens is 224 g/mol. The first-order valence-electron chi connectivity index (χ1n) is 5.52. The molecule has 0 spiro atoms. The Kier molecular flexibility index (Phi) is 4.95. The number of hydrogen-bond acceptors (Lipinski definition) is 4. The third-order valence-corrected chi connectivity index (χ3v) is 2.78. The topological polar surface area (TPSA) is 46.1 Å². The minimum Gasteiger partial charge on any atom is -0.383 e. The van der Waals surface area contributed by atoms with Crippen molar-refractivity contribution >= 4 is 18.2 Å². The first kappa shape index (κ1) is 13.2. The van der Waals surface area contributed by atoms with Gasteiger partial charge in [-0.25, -0.2) is 5.10 Å². The van der Waals surface area contributed by atoms with Gasteiger partial charge in [0.25, 0.3) is 0 Å². The Labute approximate surface area is 101 Å². The van der Waals surface area contributed by atoms with E-state index in [0.29, 0.717) is 17.4 Å². The second-order valence-electron chi connectivity index (χ2n) is 3.85. The predicted octanol–water partition coefficient (Wildman–Crippen LogP) is 1.82. The maximum Gasteiger partial charge on any atom is 0.226 e. The number of aromatic amines is 1. The van der Waals surface area contributed by atoms with Gasteiger partial charge in [-0.2, -0.15) is 0 Å². The minimum absolute atomic E-state index is 0.366. The molecule has 1 N–H and O–H groups in total. The highest BCUT2D eigenvalue weighted by Crippen LogP contribution is 2.14. The molecule has 0 unspecified atom stereocenters. The number of aromatic nitrogens is 3. The van der Waals surface area contributed by atoms with E-state index in [1.165, 1.54) is 0 Å². The number of nitrogens with one attached hydrogen (secondary N) is 1. The lowest BCUT2D eigenvalue weighted by Gasteiger charge is -2.27. The number of rotatable bonds is 6. The van der Waals surface area contributed by atoms with Gasteiger partial charge in [-0.1, -0.05) is 0 Å². The van der Waals surface area contributed by atoms with Gasteiger partial charge < -0.3 is 9.64 Å². The molecule has 0 amide bonds. The molecular formula is C10H20N4OS. The minimum atomic E-state index is 0.366. The zero-order valence-corrected chi connectivity index (χ0v) is 11.2. The fourth-order valence-electron chi connectivity index (χ4n) is 1.59. The van der Waals surface area contributed by atoms with Crippen LogP contribution < -0.4 is 4.90 Å². The Morgan fingerprint density at radius 3 is 2.75 bits per heavy atom. The summed E-state index contributed by atoms with van der Waals surface area (Å²) in [6, 6.07) is 0.366. The summed E-state index contributed by atoms with van der Waals surface area (Å²) in [5, 5.41) is 7.11. The molecule has 0 atom stereocenters. The summed E-state index contributed by atoms with van der Waals surface area (Å²) in [7, 11) is 1.70. The van der Waals surface area contributed by atoms with Gasteiger partial charge in [-0.3, -0.25) is 4.57 Å². The lowest BCUT2D eigenvalue weighted by atomic mass is 10.3. The summed E-state index contributed by atoms with van der Waals surface area (Å²) >= 11 is 5.18. The van der Waals surface area contributed by atoms with Crippen LogP contribution in [0.3, 0.4) is 0 Å². The summed E-state index contributed by atoms with van der Waals surface area (Å²) < 4.78 is 7.77. The molecule has 92 valence electrons. The predicted molar refractivity (Wildman–Crippen MR) is 67.4 cm³/mol. The summed E-state index contributed by atoms with van der Waals surface area (Å²) in [5.74, 6) is 0.888. The van der Waals surface area contributed by atoms with Gasteiger partial charge >= 0.3 is 0 Å². The van der Waals surface area contributed by atoms with Crippen molar-refractivity contribution in [2.24, 2.45) is 0 Å². The van der Waals surface area contributed by atoms with E-state index in [9.17, 15) is 0 Å². The molecule has 1 aromatic heterocycles. The second kappa shape index (κ2) is 6.00. The van der Waals surface area contributed by atoms with Crippen LogP contribution in [-0.4, -0.2) is 41.1 Å².